The molecule has 1 aromatic rings. The summed E-state index contributed by atoms with van der Waals surface area (Å²) in [5.41, 5.74) is 1.15. The normalized spacial score (nSPS) is 12.4. The molecule has 0 amide bonds. The second-order valence-electron chi connectivity index (χ2n) is 4.72. The minimum atomic E-state index is 0.183. The van der Waals surface area contributed by atoms with Crippen molar-refractivity contribution in [3.63, 3.8) is 0 Å². The van der Waals surface area contributed by atoms with Crippen molar-refractivity contribution in [2.45, 2.75) is 38.6 Å². The monoisotopic (exact) mass is 265 g/mol. The Kier molecular flexibility index (Phi) is 8.26. The average molecular weight is 265 g/mol. The van der Waals surface area contributed by atoms with Gasteiger partial charge in [-0.15, -0.1) is 0 Å². The number of benzene rings is 1. The molecule has 3 nitrogen and oxygen atoms in total. The van der Waals surface area contributed by atoms with Crippen LogP contribution in [0.1, 0.15) is 44.2 Å². The van der Waals surface area contributed by atoms with Gasteiger partial charge in [-0.2, -0.15) is 0 Å². The van der Waals surface area contributed by atoms with Gasteiger partial charge in [0.15, 0.2) is 0 Å². The maximum Gasteiger partial charge on any atom is 0.123 e. The van der Waals surface area contributed by atoms with E-state index < -0.39 is 0 Å². The number of hydrogen-bond acceptors (Lipinski definition) is 3. The summed E-state index contributed by atoms with van der Waals surface area (Å²) in [5.74, 6) is 0.913. The first kappa shape index (κ1) is 16.0. The van der Waals surface area contributed by atoms with E-state index in [1.165, 1.54) is 19.3 Å². The molecule has 0 radical (unpaired) electrons. The summed E-state index contributed by atoms with van der Waals surface area (Å²) in [6.45, 7) is 3.75. The molecule has 108 valence electrons. The Morgan fingerprint density at radius 1 is 1.16 bits per heavy atom. The Morgan fingerprint density at radius 2 is 1.95 bits per heavy atom. The van der Waals surface area contributed by atoms with Crippen molar-refractivity contribution < 1.29 is 9.47 Å². The van der Waals surface area contributed by atoms with Crippen LogP contribution >= 0.6 is 0 Å². The first-order valence-electron chi connectivity index (χ1n) is 7.21. The van der Waals surface area contributed by atoms with Crippen LogP contribution in [0.4, 0.5) is 0 Å². The minimum absolute atomic E-state index is 0.183. The van der Waals surface area contributed by atoms with Crippen LogP contribution in [0.25, 0.3) is 0 Å². The summed E-state index contributed by atoms with van der Waals surface area (Å²) in [5, 5.41) is 3.29. The van der Waals surface area contributed by atoms with E-state index in [-0.39, 0.29) is 6.04 Å². The van der Waals surface area contributed by atoms with Crippen molar-refractivity contribution in [2.24, 2.45) is 0 Å². The number of rotatable bonds is 10. The largest absolute Gasteiger partial charge is 0.496 e. The van der Waals surface area contributed by atoms with Gasteiger partial charge in [0.1, 0.15) is 5.75 Å². The lowest BCUT2D eigenvalue weighted by Gasteiger charge is -2.19. The predicted molar refractivity (Wildman–Crippen MR) is 79.8 cm³/mol. The molecule has 3 heteroatoms. The van der Waals surface area contributed by atoms with Crippen LogP contribution in [-0.4, -0.2) is 27.4 Å². The molecular formula is C16H27NO2. The summed E-state index contributed by atoms with van der Waals surface area (Å²) in [4.78, 5) is 0. The van der Waals surface area contributed by atoms with E-state index in [0.717, 1.165) is 24.3 Å². The maximum atomic E-state index is 5.77. The molecule has 0 bridgehead atoms. The highest BCUT2D eigenvalue weighted by molar-refractivity contribution is 5.35. The topological polar surface area (TPSA) is 30.5 Å². The lowest BCUT2D eigenvalue weighted by Crippen LogP contribution is -2.22. The Bertz CT molecular complexity index is 341. The number of likely N-dealkylation sites (N-methyl/N-ethyl adjacent to an activating group) is 1. The Balaban J connectivity index is 2.40. The highest BCUT2D eigenvalue weighted by Gasteiger charge is 2.13. The number of ether oxygens (including phenoxy) is 2. The van der Waals surface area contributed by atoms with Crippen LogP contribution in [-0.2, 0) is 4.74 Å². The maximum absolute atomic E-state index is 5.77. The molecule has 0 aliphatic rings. The van der Waals surface area contributed by atoms with Gasteiger partial charge in [-0.3, -0.25) is 0 Å². The molecular weight excluding hydrogens is 238 g/mol. The molecule has 0 heterocycles. The Morgan fingerprint density at radius 3 is 2.63 bits per heavy atom. The first-order valence-corrected chi connectivity index (χ1v) is 7.21. The van der Waals surface area contributed by atoms with Gasteiger partial charge in [0, 0.05) is 12.2 Å². The van der Waals surface area contributed by atoms with Gasteiger partial charge < -0.3 is 14.8 Å². The van der Waals surface area contributed by atoms with Gasteiger partial charge in [0.25, 0.3) is 0 Å². The van der Waals surface area contributed by atoms with Crippen molar-refractivity contribution >= 4 is 0 Å². The molecule has 0 aliphatic carbocycles. The van der Waals surface area contributed by atoms with Crippen molar-refractivity contribution in [3.05, 3.63) is 29.8 Å². The van der Waals surface area contributed by atoms with Gasteiger partial charge in [0.2, 0.25) is 0 Å². The zero-order valence-electron chi connectivity index (χ0n) is 12.4. The summed E-state index contributed by atoms with van der Waals surface area (Å²) >= 11 is 0. The molecule has 0 spiro atoms. The highest BCUT2D eigenvalue weighted by Crippen LogP contribution is 2.24. The highest BCUT2D eigenvalue weighted by atomic mass is 16.5. The van der Waals surface area contributed by atoms with E-state index in [0.29, 0.717) is 6.61 Å². The fourth-order valence-electron chi connectivity index (χ4n) is 2.12. The van der Waals surface area contributed by atoms with Crippen LogP contribution < -0.4 is 10.1 Å². The van der Waals surface area contributed by atoms with Crippen LogP contribution in [0.15, 0.2) is 24.3 Å². The quantitative estimate of drug-likeness (QED) is 0.656. The zero-order chi connectivity index (χ0) is 13.9. The molecule has 0 aromatic heterocycles. The van der Waals surface area contributed by atoms with Gasteiger partial charge in [-0.25, -0.2) is 0 Å². The summed E-state index contributed by atoms with van der Waals surface area (Å²) < 4.78 is 11.2. The van der Waals surface area contributed by atoms with E-state index in [2.05, 4.69) is 18.3 Å². The number of nitrogens with one attached hydrogen (secondary N) is 1. The third-order valence-corrected chi connectivity index (χ3v) is 3.29. The van der Waals surface area contributed by atoms with Gasteiger partial charge in [-0.1, -0.05) is 44.4 Å². The SMILES string of the molecule is CCCCCCOCC(NC)c1ccccc1OC. The molecule has 1 aromatic carbocycles. The van der Waals surface area contributed by atoms with E-state index >= 15 is 0 Å². The Hall–Kier alpha value is -1.06. The first-order chi connectivity index (χ1) is 9.33. The average Bonchev–Trinajstić information content (AvgIpc) is 2.47. The molecule has 0 fully saturated rings. The van der Waals surface area contributed by atoms with E-state index in [1.807, 2.05) is 25.2 Å². The summed E-state index contributed by atoms with van der Waals surface area (Å²) in [6.07, 6.45) is 4.97. The number of unbranched alkanes of at least 4 members (excludes halogenated alkanes) is 3. The lowest BCUT2D eigenvalue weighted by atomic mass is 10.1. The Labute approximate surface area is 117 Å². The third kappa shape index (κ3) is 5.62. The fourth-order valence-corrected chi connectivity index (χ4v) is 2.12. The summed E-state index contributed by atoms with van der Waals surface area (Å²) in [6, 6.07) is 8.27. The van der Waals surface area contributed by atoms with Crippen molar-refractivity contribution in [2.75, 3.05) is 27.4 Å². The van der Waals surface area contributed by atoms with E-state index in [9.17, 15) is 0 Å². The zero-order valence-corrected chi connectivity index (χ0v) is 12.4. The lowest BCUT2D eigenvalue weighted by molar-refractivity contribution is 0.109. The molecule has 1 rings (SSSR count). The minimum Gasteiger partial charge on any atom is -0.496 e. The van der Waals surface area contributed by atoms with Gasteiger partial charge >= 0.3 is 0 Å². The van der Waals surface area contributed by atoms with Crippen LogP contribution in [0.2, 0.25) is 0 Å². The fraction of sp³-hybridized carbons (Fsp3) is 0.625. The third-order valence-electron chi connectivity index (χ3n) is 3.29. The van der Waals surface area contributed by atoms with Gasteiger partial charge in [0.05, 0.1) is 19.8 Å². The van der Waals surface area contributed by atoms with Crippen LogP contribution in [0.3, 0.4) is 0 Å². The number of methoxy groups -OCH3 is 1. The van der Waals surface area contributed by atoms with E-state index in [1.54, 1.807) is 7.11 Å². The molecule has 0 aliphatic heterocycles. The molecule has 1 N–H and O–H groups in total. The summed E-state index contributed by atoms with van der Waals surface area (Å²) in [7, 11) is 3.66. The van der Waals surface area contributed by atoms with E-state index in [4.69, 9.17) is 9.47 Å². The van der Waals surface area contributed by atoms with Crippen LogP contribution in [0, 0.1) is 0 Å². The molecule has 0 saturated heterocycles. The molecule has 0 saturated carbocycles. The second kappa shape index (κ2) is 9.82. The van der Waals surface area contributed by atoms with Crippen molar-refractivity contribution in [3.8, 4) is 5.75 Å². The van der Waals surface area contributed by atoms with Crippen molar-refractivity contribution in [1.82, 2.24) is 5.32 Å². The molecule has 1 unspecified atom stereocenters. The second-order valence-corrected chi connectivity index (χ2v) is 4.72. The van der Waals surface area contributed by atoms with Gasteiger partial charge in [-0.05, 0) is 19.5 Å². The number of hydrogen-bond donors (Lipinski definition) is 1. The van der Waals surface area contributed by atoms with Crippen molar-refractivity contribution in [1.29, 1.82) is 0 Å². The molecule has 19 heavy (non-hydrogen) atoms. The smallest absolute Gasteiger partial charge is 0.123 e. The number of para-hydroxylation sites is 1. The predicted octanol–water partition coefficient (Wildman–Crippen LogP) is 3.55. The van der Waals surface area contributed by atoms with Crippen LogP contribution in [0.5, 0.6) is 5.75 Å². The molecule has 1 atom stereocenters. The standard InChI is InChI=1S/C16H27NO2/c1-4-5-6-9-12-19-13-15(17-2)14-10-7-8-11-16(14)18-3/h7-8,10-11,15,17H,4-6,9,12-13H2,1-3H3.